The first-order valence-corrected chi connectivity index (χ1v) is 11.4. The van der Waals surface area contributed by atoms with Crippen LogP contribution in [0.15, 0.2) is 83.5 Å². The number of aromatic nitrogens is 2. The number of nitrogens with zero attached hydrogens (tertiary/aromatic N) is 3. The summed E-state index contributed by atoms with van der Waals surface area (Å²) in [5.41, 5.74) is 2.65. The van der Waals surface area contributed by atoms with Crippen molar-refractivity contribution in [3.05, 3.63) is 96.1 Å². The second-order valence-corrected chi connectivity index (χ2v) is 8.15. The Bertz CT molecular complexity index is 1210. The first-order chi connectivity index (χ1) is 17.1. The van der Waals surface area contributed by atoms with Gasteiger partial charge in [-0.3, -0.25) is 4.90 Å². The number of para-hydroxylation sites is 2. The van der Waals surface area contributed by atoms with Crippen LogP contribution >= 0.6 is 0 Å². The Morgan fingerprint density at radius 1 is 1.06 bits per heavy atom. The van der Waals surface area contributed by atoms with Crippen molar-refractivity contribution in [2.24, 2.45) is 0 Å². The molecule has 0 saturated carbocycles. The van der Waals surface area contributed by atoms with Crippen LogP contribution in [-0.2, 0) is 17.8 Å². The van der Waals surface area contributed by atoms with E-state index in [0.717, 1.165) is 22.7 Å². The van der Waals surface area contributed by atoms with E-state index < -0.39 is 6.10 Å². The minimum Gasteiger partial charge on any atom is -0.468 e. The van der Waals surface area contributed by atoms with Gasteiger partial charge in [0.05, 0.1) is 42.5 Å². The van der Waals surface area contributed by atoms with E-state index in [0.29, 0.717) is 31.3 Å². The average molecular weight is 472 g/mol. The number of aryl methyl sites for hydroxylation is 1. The Morgan fingerprint density at radius 3 is 2.49 bits per heavy atom. The van der Waals surface area contributed by atoms with E-state index in [2.05, 4.69) is 10.8 Å². The van der Waals surface area contributed by atoms with Crippen LogP contribution < -0.4 is 4.74 Å². The Morgan fingerprint density at radius 2 is 1.80 bits per heavy atom. The second-order valence-electron chi connectivity index (χ2n) is 8.15. The monoisotopic (exact) mass is 471 g/mol. The standard InChI is InChI=1S/C28H29N3O4/c1-3-16-33-21-24(32)18-30(19-26-15-10-17-34-26)20-27-22(2)29-31(23-11-6-4-7-12-23)28(27)35-25-13-8-5-9-14-25/h1,4-15,17,24,32H,16,18-21H2,2H3/t24-/m0/s1. The summed E-state index contributed by atoms with van der Waals surface area (Å²) in [7, 11) is 0. The van der Waals surface area contributed by atoms with Gasteiger partial charge in [0, 0.05) is 13.1 Å². The lowest BCUT2D eigenvalue weighted by atomic mass is 10.2. The molecule has 1 N–H and O–H groups in total. The van der Waals surface area contributed by atoms with Crippen molar-refractivity contribution in [3.63, 3.8) is 0 Å². The molecule has 1 atom stereocenters. The van der Waals surface area contributed by atoms with E-state index in [-0.39, 0.29) is 13.2 Å². The lowest BCUT2D eigenvalue weighted by Gasteiger charge is -2.24. The zero-order valence-electron chi connectivity index (χ0n) is 19.7. The minimum absolute atomic E-state index is 0.147. The summed E-state index contributed by atoms with van der Waals surface area (Å²) < 4.78 is 19.1. The Labute approximate surface area is 205 Å². The van der Waals surface area contributed by atoms with Crippen molar-refractivity contribution >= 4 is 0 Å². The zero-order valence-corrected chi connectivity index (χ0v) is 19.7. The van der Waals surface area contributed by atoms with Gasteiger partial charge < -0.3 is 19.0 Å². The lowest BCUT2D eigenvalue weighted by Crippen LogP contribution is -2.34. The normalized spacial score (nSPS) is 11.9. The molecule has 35 heavy (non-hydrogen) atoms. The van der Waals surface area contributed by atoms with Crippen LogP contribution in [-0.4, -0.2) is 45.6 Å². The molecule has 4 aromatic rings. The molecule has 0 aliphatic rings. The molecule has 0 aliphatic carbocycles. The van der Waals surface area contributed by atoms with Gasteiger partial charge >= 0.3 is 0 Å². The summed E-state index contributed by atoms with van der Waals surface area (Å²) in [4.78, 5) is 2.08. The topological polar surface area (TPSA) is 72.9 Å². The third-order valence-corrected chi connectivity index (χ3v) is 5.40. The molecule has 0 saturated heterocycles. The number of aliphatic hydroxyl groups is 1. The molecule has 4 rings (SSSR count). The van der Waals surface area contributed by atoms with Crippen LogP contribution in [0.4, 0.5) is 0 Å². The molecule has 2 heterocycles. The highest BCUT2D eigenvalue weighted by Gasteiger charge is 2.23. The third kappa shape index (κ3) is 6.61. The number of hydrogen-bond donors (Lipinski definition) is 1. The van der Waals surface area contributed by atoms with Crippen LogP contribution in [0, 0.1) is 19.3 Å². The maximum absolute atomic E-state index is 10.6. The van der Waals surface area contributed by atoms with Crippen LogP contribution in [0.25, 0.3) is 5.69 Å². The number of furan rings is 1. The quantitative estimate of drug-likeness (QED) is 0.241. The lowest BCUT2D eigenvalue weighted by molar-refractivity contribution is 0.0228. The van der Waals surface area contributed by atoms with E-state index >= 15 is 0 Å². The highest BCUT2D eigenvalue weighted by atomic mass is 16.5. The van der Waals surface area contributed by atoms with Gasteiger partial charge in [0.15, 0.2) is 0 Å². The average Bonchev–Trinajstić information content (AvgIpc) is 3.49. The molecule has 0 radical (unpaired) electrons. The Balaban J connectivity index is 1.65. The molecule has 7 nitrogen and oxygen atoms in total. The smallest absolute Gasteiger partial charge is 0.227 e. The van der Waals surface area contributed by atoms with Gasteiger partial charge in [-0.2, -0.15) is 5.10 Å². The highest BCUT2D eigenvalue weighted by Crippen LogP contribution is 2.32. The summed E-state index contributed by atoms with van der Waals surface area (Å²) in [5, 5.41) is 15.4. The summed E-state index contributed by atoms with van der Waals surface area (Å²) >= 11 is 0. The van der Waals surface area contributed by atoms with Crippen molar-refractivity contribution in [1.29, 1.82) is 0 Å². The summed E-state index contributed by atoms with van der Waals surface area (Å²) in [5.74, 6) is 4.55. The second kappa shape index (κ2) is 12.0. The largest absolute Gasteiger partial charge is 0.468 e. The minimum atomic E-state index is -0.721. The summed E-state index contributed by atoms with van der Waals surface area (Å²) in [6, 6.07) is 23.3. The maximum Gasteiger partial charge on any atom is 0.227 e. The van der Waals surface area contributed by atoms with E-state index in [1.807, 2.05) is 84.4 Å². The molecular formula is C28H29N3O4. The molecule has 0 unspecified atom stereocenters. The summed E-state index contributed by atoms with van der Waals surface area (Å²) in [6.45, 7) is 3.60. The van der Waals surface area contributed by atoms with Crippen LogP contribution in [0.5, 0.6) is 11.6 Å². The predicted octanol–water partition coefficient (Wildman–Crippen LogP) is 4.58. The SMILES string of the molecule is C#CCOC[C@@H](O)CN(Cc1ccco1)Cc1c(C)nn(-c2ccccc2)c1Oc1ccccc1. The van der Waals surface area contributed by atoms with E-state index in [1.54, 1.807) is 6.26 Å². The van der Waals surface area contributed by atoms with E-state index in [9.17, 15) is 5.11 Å². The molecule has 0 fully saturated rings. The van der Waals surface area contributed by atoms with Gasteiger partial charge in [0.25, 0.3) is 0 Å². The molecule has 0 bridgehead atoms. The number of benzene rings is 2. The van der Waals surface area contributed by atoms with Crippen molar-refractivity contribution in [2.45, 2.75) is 26.1 Å². The number of rotatable bonds is 12. The summed E-state index contributed by atoms with van der Waals surface area (Å²) in [6.07, 6.45) is 6.17. The van der Waals surface area contributed by atoms with Crippen LogP contribution in [0.3, 0.4) is 0 Å². The van der Waals surface area contributed by atoms with Gasteiger partial charge in [-0.05, 0) is 43.3 Å². The molecule has 180 valence electrons. The highest BCUT2D eigenvalue weighted by molar-refractivity contribution is 5.43. The molecular weight excluding hydrogens is 442 g/mol. The third-order valence-electron chi connectivity index (χ3n) is 5.40. The van der Waals surface area contributed by atoms with E-state index in [1.165, 1.54) is 0 Å². The predicted molar refractivity (Wildman–Crippen MR) is 133 cm³/mol. The first kappa shape index (κ1) is 24.3. The van der Waals surface area contributed by atoms with Gasteiger partial charge in [-0.1, -0.05) is 42.3 Å². The number of hydrogen-bond acceptors (Lipinski definition) is 6. The first-order valence-electron chi connectivity index (χ1n) is 11.4. The Hall–Kier alpha value is -3.83. The Kier molecular flexibility index (Phi) is 8.36. The van der Waals surface area contributed by atoms with Gasteiger partial charge in [-0.15, -0.1) is 6.42 Å². The molecule has 0 amide bonds. The van der Waals surface area contributed by atoms with E-state index in [4.69, 9.17) is 25.4 Å². The molecule has 7 heteroatoms. The van der Waals surface area contributed by atoms with Crippen molar-refractivity contribution in [1.82, 2.24) is 14.7 Å². The van der Waals surface area contributed by atoms with Crippen molar-refractivity contribution < 1.29 is 19.0 Å². The fourth-order valence-electron chi connectivity index (χ4n) is 3.81. The fraction of sp³-hybridized carbons (Fsp3) is 0.250. The number of ether oxygens (including phenoxy) is 2. The van der Waals surface area contributed by atoms with Gasteiger partial charge in [0.2, 0.25) is 5.88 Å². The molecule has 0 aliphatic heterocycles. The number of aliphatic hydroxyl groups excluding tert-OH is 1. The molecule has 2 aromatic heterocycles. The van der Waals surface area contributed by atoms with Crippen molar-refractivity contribution in [2.75, 3.05) is 19.8 Å². The molecule has 2 aromatic carbocycles. The van der Waals surface area contributed by atoms with Gasteiger partial charge in [-0.25, -0.2) is 4.68 Å². The number of terminal acetylenes is 1. The van der Waals surface area contributed by atoms with Crippen LogP contribution in [0.2, 0.25) is 0 Å². The zero-order chi connectivity index (χ0) is 24.5. The van der Waals surface area contributed by atoms with Gasteiger partial charge in [0.1, 0.15) is 18.1 Å². The maximum atomic E-state index is 10.6. The fourth-order valence-corrected chi connectivity index (χ4v) is 3.81. The van der Waals surface area contributed by atoms with Crippen molar-refractivity contribution in [3.8, 4) is 29.7 Å². The molecule has 0 spiro atoms. The van der Waals surface area contributed by atoms with Crippen LogP contribution in [0.1, 0.15) is 17.0 Å².